The van der Waals surface area contributed by atoms with Gasteiger partial charge in [-0.2, -0.15) is 4.31 Å². The van der Waals surface area contributed by atoms with Crippen molar-refractivity contribution in [3.05, 3.63) is 53.6 Å². The van der Waals surface area contributed by atoms with Crippen molar-refractivity contribution in [3.63, 3.8) is 0 Å². The van der Waals surface area contributed by atoms with E-state index in [-0.39, 0.29) is 17.9 Å². The maximum Gasteiger partial charge on any atom is 0.324 e. The van der Waals surface area contributed by atoms with Gasteiger partial charge in [-0.15, -0.1) is 0 Å². The van der Waals surface area contributed by atoms with Crippen LogP contribution in [0.2, 0.25) is 5.02 Å². The Labute approximate surface area is 206 Å². The van der Waals surface area contributed by atoms with Gasteiger partial charge in [-0.25, -0.2) is 8.42 Å². The van der Waals surface area contributed by atoms with Gasteiger partial charge in [0.15, 0.2) is 0 Å². The van der Waals surface area contributed by atoms with E-state index in [2.05, 4.69) is 0 Å². The van der Waals surface area contributed by atoms with E-state index in [1.165, 1.54) is 51.3 Å². The molecular weight excluding hydrogens is 478 g/mol. The molecule has 2 atom stereocenters. The predicted molar refractivity (Wildman–Crippen MR) is 129 cm³/mol. The number of esters is 1. The molecule has 4 rings (SSSR count). The van der Waals surface area contributed by atoms with Gasteiger partial charge in [0.25, 0.3) is 0 Å². The van der Waals surface area contributed by atoms with Gasteiger partial charge < -0.3 is 14.2 Å². The number of halogens is 1. The quantitative estimate of drug-likeness (QED) is 0.482. The molecule has 0 radical (unpaired) electrons. The Hall–Kier alpha value is -2.29. The minimum atomic E-state index is -3.95. The average Bonchev–Trinajstić information content (AvgIpc) is 3.29. The van der Waals surface area contributed by atoms with Crippen LogP contribution in [0, 0.1) is 5.92 Å². The first-order valence-electron chi connectivity index (χ1n) is 11.6. The van der Waals surface area contributed by atoms with E-state index in [0.29, 0.717) is 29.0 Å². The van der Waals surface area contributed by atoms with E-state index in [4.69, 9.17) is 25.8 Å². The normalized spacial score (nSPS) is 21.8. The lowest BCUT2D eigenvalue weighted by atomic mass is 9.90. The lowest BCUT2D eigenvalue weighted by molar-refractivity contribution is -0.144. The molecule has 2 aliphatic rings. The molecule has 1 aliphatic carbocycles. The molecule has 7 nitrogen and oxygen atoms in total. The van der Waals surface area contributed by atoms with Crippen LogP contribution in [0.25, 0.3) is 0 Å². The molecule has 2 aromatic rings. The van der Waals surface area contributed by atoms with Crippen LogP contribution >= 0.6 is 11.6 Å². The summed E-state index contributed by atoms with van der Waals surface area (Å²) in [4.78, 5) is 12.5. The standard InChI is InChI=1S/C25H30ClNO6S/c1-31-25(28)24-15-22(33-21-9-7-19(26)8-10-21)16-27(24)34(29,30)23-13-11-20(12-14-23)32-17-18-5-3-2-4-6-18/h7-14,18,22,24H,2-6,15-17H2,1H3/t22-,24-/m0/s1. The summed E-state index contributed by atoms with van der Waals surface area (Å²) >= 11 is 5.92. The number of benzene rings is 2. The Morgan fingerprint density at radius 3 is 2.29 bits per heavy atom. The summed E-state index contributed by atoms with van der Waals surface area (Å²) in [6.45, 7) is 0.678. The predicted octanol–water partition coefficient (Wildman–Crippen LogP) is 4.68. The third kappa shape index (κ3) is 5.85. The van der Waals surface area contributed by atoms with Gasteiger partial charge in [-0.3, -0.25) is 4.79 Å². The lowest BCUT2D eigenvalue weighted by Crippen LogP contribution is -2.41. The fourth-order valence-electron chi connectivity index (χ4n) is 4.59. The Balaban J connectivity index is 1.45. The van der Waals surface area contributed by atoms with Crippen LogP contribution in [-0.4, -0.2) is 51.1 Å². The van der Waals surface area contributed by atoms with Crippen molar-refractivity contribution in [2.24, 2.45) is 5.92 Å². The molecule has 0 unspecified atom stereocenters. The molecular formula is C25H30ClNO6S. The third-order valence-electron chi connectivity index (χ3n) is 6.45. The maximum absolute atomic E-state index is 13.4. The first kappa shape index (κ1) is 24.8. The number of carbonyl (C=O) groups excluding carboxylic acids is 1. The highest BCUT2D eigenvalue weighted by atomic mass is 35.5. The van der Waals surface area contributed by atoms with Crippen molar-refractivity contribution in [1.82, 2.24) is 4.31 Å². The molecule has 34 heavy (non-hydrogen) atoms. The number of hydrogen-bond donors (Lipinski definition) is 0. The van der Waals surface area contributed by atoms with Crippen LogP contribution in [0.3, 0.4) is 0 Å². The molecule has 1 heterocycles. The summed E-state index contributed by atoms with van der Waals surface area (Å²) in [5.41, 5.74) is 0. The molecule has 1 aliphatic heterocycles. The number of sulfonamides is 1. The number of methoxy groups -OCH3 is 1. The Bertz CT molecular complexity index is 1070. The average molecular weight is 508 g/mol. The van der Waals surface area contributed by atoms with Crippen molar-refractivity contribution in [1.29, 1.82) is 0 Å². The first-order valence-corrected chi connectivity index (χ1v) is 13.4. The van der Waals surface area contributed by atoms with Crippen molar-refractivity contribution in [2.75, 3.05) is 20.3 Å². The largest absolute Gasteiger partial charge is 0.493 e. The Morgan fingerprint density at radius 2 is 1.65 bits per heavy atom. The summed E-state index contributed by atoms with van der Waals surface area (Å²) in [7, 11) is -2.70. The Morgan fingerprint density at radius 1 is 1.00 bits per heavy atom. The summed E-state index contributed by atoms with van der Waals surface area (Å²) < 4.78 is 44.7. The van der Waals surface area contributed by atoms with Gasteiger partial charge in [-0.05, 0) is 67.3 Å². The third-order valence-corrected chi connectivity index (χ3v) is 8.59. The van der Waals surface area contributed by atoms with Gasteiger partial charge in [0.2, 0.25) is 10.0 Å². The van der Waals surface area contributed by atoms with Gasteiger partial charge in [0.05, 0.1) is 25.2 Å². The van der Waals surface area contributed by atoms with Gasteiger partial charge in [0, 0.05) is 11.4 Å². The summed E-state index contributed by atoms with van der Waals surface area (Å²) in [5.74, 6) is 1.13. The van der Waals surface area contributed by atoms with Crippen molar-refractivity contribution in [2.45, 2.75) is 55.6 Å². The van der Waals surface area contributed by atoms with Crippen LogP contribution in [0.15, 0.2) is 53.4 Å². The highest BCUT2D eigenvalue weighted by molar-refractivity contribution is 7.89. The van der Waals surface area contributed by atoms with Crippen LogP contribution in [0.4, 0.5) is 0 Å². The zero-order valence-corrected chi connectivity index (χ0v) is 20.8. The number of hydrogen-bond acceptors (Lipinski definition) is 6. The van der Waals surface area contributed by atoms with Gasteiger partial charge in [0.1, 0.15) is 23.6 Å². The number of nitrogens with zero attached hydrogens (tertiary/aromatic N) is 1. The second-order valence-electron chi connectivity index (χ2n) is 8.83. The Kier molecular flexibility index (Phi) is 8.01. The molecule has 1 saturated carbocycles. The van der Waals surface area contributed by atoms with Crippen LogP contribution in [0.1, 0.15) is 38.5 Å². The zero-order chi connectivity index (χ0) is 24.1. The second-order valence-corrected chi connectivity index (χ2v) is 11.2. The van der Waals surface area contributed by atoms with E-state index in [1.807, 2.05) is 0 Å². The molecule has 2 fully saturated rings. The van der Waals surface area contributed by atoms with E-state index in [9.17, 15) is 13.2 Å². The van der Waals surface area contributed by atoms with E-state index in [0.717, 1.165) is 4.31 Å². The lowest BCUT2D eigenvalue weighted by Gasteiger charge is -2.23. The molecule has 9 heteroatoms. The van der Waals surface area contributed by atoms with Crippen LogP contribution < -0.4 is 9.47 Å². The minimum Gasteiger partial charge on any atom is -0.493 e. The highest BCUT2D eigenvalue weighted by Gasteiger charge is 2.45. The van der Waals surface area contributed by atoms with Gasteiger partial charge >= 0.3 is 5.97 Å². The minimum absolute atomic E-state index is 0.0324. The van der Waals surface area contributed by atoms with Crippen molar-refractivity contribution >= 4 is 27.6 Å². The van der Waals surface area contributed by atoms with Crippen molar-refractivity contribution in [3.8, 4) is 11.5 Å². The maximum atomic E-state index is 13.4. The molecule has 0 amide bonds. The van der Waals surface area contributed by atoms with E-state index >= 15 is 0 Å². The summed E-state index contributed by atoms with van der Waals surface area (Å²) in [5, 5.41) is 0.571. The van der Waals surface area contributed by atoms with Crippen molar-refractivity contribution < 1.29 is 27.4 Å². The van der Waals surface area contributed by atoms with E-state index < -0.39 is 28.1 Å². The fourth-order valence-corrected chi connectivity index (χ4v) is 6.33. The smallest absolute Gasteiger partial charge is 0.324 e. The summed E-state index contributed by atoms with van der Waals surface area (Å²) in [6.07, 6.45) is 5.81. The molecule has 184 valence electrons. The molecule has 2 aromatic carbocycles. The fraction of sp³-hybridized carbons (Fsp3) is 0.480. The van der Waals surface area contributed by atoms with Crippen LogP contribution in [-0.2, 0) is 19.6 Å². The zero-order valence-electron chi connectivity index (χ0n) is 19.2. The SMILES string of the molecule is COC(=O)[C@@H]1C[C@H](Oc2ccc(Cl)cc2)CN1S(=O)(=O)c1ccc(OCC2CCCCC2)cc1. The monoisotopic (exact) mass is 507 g/mol. The second kappa shape index (κ2) is 11.0. The van der Waals surface area contributed by atoms with Gasteiger partial charge in [-0.1, -0.05) is 30.9 Å². The molecule has 0 spiro atoms. The molecule has 0 aromatic heterocycles. The summed E-state index contributed by atoms with van der Waals surface area (Å²) in [6, 6.07) is 12.2. The topological polar surface area (TPSA) is 82.1 Å². The molecule has 1 saturated heterocycles. The highest BCUT2D eigenvalue weighted by Crippen LogP contribution is 2.31. The van der Waals surface area contributed by atoms with Crippen LogP contribution in [0.5, 0.6) is 11.5 Å². The number of rotatable bonds is 8. The first-order chi connectivity index (χ1) is 16.4. The molecule has 0 N–H and O–H groups in total. The number of carbonyl (C=O) groups is 1. The number of ether oxygens (including phenoxy) is 3. The van der Waals surface area contributed by atoms with E-state index in [1.54, 1.807) is 36.4 Å². The molecule has 0 bridgehead atoms.